The molecule has 33 heavy (non-hydrogen) atoms. The lowest BCUT2D eigenvalue weighted by Crippen LogP contribution is -2.52. The van der Waals surface area contributed by atoms with E-state index >= 15 is 0 Å². The Kier molecular flexibility index (Phi) is 5.45. The fourth-order valence-corrected chi connectivity index (χ4v) is 4.80. The number of rotatable bonds is 4. The Hall–Kier alpha value is -3.53. The monoisotopic (exact) mass is 453 g/mol. The molecule has 2 fully saturated rings. The molecule has 0 aliphatic carbocycles. The van der Waals surface area contributed by atoms with Gasteiger partial charge in [0.2, 0.25) is 23.5 Å². The van der Waals surface area contributed by atoms with E-state index in [4.69, 9.17) is 0 Å². The van der Waals surface area contributed by atoms with Crippen LogP contribution >= 0.6 is 0 Å². The number of anilines is 1. The normalized spacial score (nSPS) is 21.4. The van der Waals surface area contributed by atoms with Crippen LogP contribution in [0.5, 0.6) is 5.88 Å². The highest BCUT2D eigenvalue weighted by Crippen LogP contribution is 2.29. The molecule has 1 aromatic carbocycles. The third-order valence-corrected chi connectivity index (χ3v) is 6.56. The summed E-state index contributed by atoms with van der Waals surface area (Å²) in [6, 6.07) is 6.69. The van der Waals surface area contributed by atoms with Crippen molar-refractivity contribution in [2.75, 3.05) is 31.1 Å². The zero-order chi connectivity index (χ0) is 23.1. The maximum atomic E-state index is 14.2. The molecule has 4 heterocycles. The average molecular weight is 453 g/mol. The third-order valence-electron chi connectivity index (χ3n) is 6.56. The molecule has 5 rings (SSSR count). The fourth-order valence-electron chi connectivity index (χ4n) is 4.80. The molecule has 3 amide bonds. The van der Waals surface area contributed by atoms with Gasteiger partial charge in [0.15, 0.2) is 0 Å². The maximum Gasteiger partial charge on any atom is 0.255 e. The van der Waals surface area contributed by atoms with Crippen molar-refractivity contribution in [1.29, 1.82) is 0 Å². The van der Waals surface area contributed by atoms with Crippen molar-refractivity contribution in [3.05, 3.63) is 53.0 Å². The van der Waals surface area contributed by atoms with Crippen molar-refractivity contribution in [3.63, 3.8) is 0 Å². The number of hydrogen-bond acceptors (Lipinski definition) is 7. The van der Waals surface area contributed by atoms with Gasteiger partial charge in [-0.2, -0.15) is 4.39 Å². The maximum absolute atomic E-state index is 14.2. The van der Waals surface area contributed by atoms with E-state index in [0.29, 0.717) is 43.9 Å². The number of benzene rings is 1. The summed E-state index contributed by atoms with van der Waals surface area (Å²) in [4.78, 5) is 45.7. The first-order chi connectivity index (χ1) is 15.9. The van der Waals surface area contributed by atoms with E-state index in [1.165, 1.54) is 6.20 Å². The van der Waals surface area contributed by atoms with Crippen LogP contribution in [0.25, 0.3) is 0 Å². The van der Waals surface area contributed by atoms with Crippen molar-refractivity contribution in [2.24, 2.45) is 0 Å². The Morgan fingerprint density at radius 3 is 2.67 bits per heavy atom. The van der Waals surface area contributed by atoms with Crippen LogP contribution in [0, 0.1) is 5.82 Å². The van der Waals surface area contributed by atoms with Crippen LogP contribution in [-0.4, -0.2) is 69.8 Å². The number of aromatic hydroxyl groups is 1. The first-order valence-corrected chi connectivity index (χ1v) is 11.0. The molecule has 172 valence electrons. The molecule has 2 N–H and O–H groups in total. The smallest absolute Gasteiger partial charge is 0.255 e. The Morgan fingerprint density at radius 1 is 1.12 bits per heavy atom. The minimum Gasteiger partial charge on any atom is -0.491 e. The van der Waals surface area contributed by atoms with E-state index in [-0.39, 0.29) is 18.2 Å². The number of halogens is 1. The molecule has 1 unspecified atom stereocenters. The lowest BCUT2D eigenvalue weighted by Gasteiger charge is -2.36. The van der Waals surface area contributed by atoms with E-state index < -0.39 is 23.6 Å². The SMILES string of the molecule is O=C1CCC(N2Cc3cc(CN4CCN(c5ccnc(O)c5F)CC4)ccc3C2=O)C(=O)N1. The zero-order valence-corrected chi connectivity index (χ0v) is 18.0. The Bertz CT molecular complexity index is 1130. The molecule has 3 aliphatic heterocycles. The quantitative estimate of drug-likeness (QED) is 0.666. The van der Waals surface area contributed by atoms with Crippen molar-refractivity contribution in [3.8, 4) is 5.88 Å². The van der Waals surface area contributed by atoms with E-state index in [2.05, 4.69) is 15.2 Å². The Labute approximate surface area is 189 Å². The number of aromatic nitrogens is 1. The number of fused-ring (bicyclic) bond motifs is 1. The van der Waals surface area contributed by atoms with Crippen LogP contribution in [0.4, 0.5) is 10.1 Å². The molecule has 2 aromatic rings. The summed E-state index contributed by atoms with van der Waals surface area (Å²) in [6.45, 7) is 3.73. The average Bonchev–Trinajstić information content (AvgIpc) is 3.12. The first kappa shape index (κ1) is 21.3. The number of imide groups is 1. The summed E-state index contributed by atoms with van der Waals surface area (Å²) < 4.78 is 14.2. The van der Waals surface area contributed by atoms with Crippen LogP contribution in [0.2, 0.25) is 0 Å². The topological polar surface area (TPSA) is 106 Å². The molecule has 0 saturated carbocycles. The number of piperidine rings is 1. The first-order valence-electron chi connectivity index (χ1n) is 11.0. The van der Waals surface area contributed by atoms with Crippen LogP contribution in [0.1, 0.15) is 34.3 Å². The van der Waals surface area contributed by atoms with Gasteiger partial charge in [-0.05, 0) is 29.7 Å². The fraction of sp³-hybridized carbons (Fsp3) is 0.391. The summed E-state index contributed by atoms with van der Waals surface area (Å²) in [6.07, 6.45) is 1.97. The molecule has 3 aliphatic rings. The number of carbonyl (C=O) groups excluding carboxylic acids is 3. The minimum absolute atomic E-state index is 0.178. The third kappa shape index (κ3) is 4.02. The number of amides is 3. The van der Waals surface area contributed by atoms with Crippen LogP contribution in [0.15, 0.2) is 30.5 Å². The van der Waals surface area contributed by atoms with Gasteiger partial charge in [0, 0.05) is 57.4 Å². The van der Waals surface area contributed by atoms with Gasteiger partial charge in [-0.15, -0.1) is 0 Å². The second-order valence-electron chi connectivity index (χ2n) is 8.62. The van der Waals surface area contributed by atoms with Crippen molar-refractivity contribution < 1.29 is 23.9 Å². The molecule has 1 aromatic heterocycles. The molecular formula is C23H24FN5O4. The number of nitrogens with zero attached hydrogens (tertiary/aromatic N) is 4. The van der Waals surface area contributed by atoms with E-state index in [1.54, 1.807) is 11.0 Å². The minimum atomic E-state index is -0.699. The number of piperazine rings is 1. The second-order valence-corrected chi connectivity index (χ2v) is 8.62. The van der Waals surface area contributed by atoms with Gasteiger partial charge in [-0.1, -0.05) is 12.1 Å². The van der Waals surface area contributed by atoms with Gasteiger partial charge in [-0.3, -0.25) is 24.6 Å². The molecule has 0 spiro atoms. The molecule has 10 heteroatoms. The lowest BCUT2D eigenvalue weighted by atomic mass is 10.0. The highest BCUT2D eigenvalue weighted by Gasteiger charge is 2.39. The van der Waals surface area contributed by atoms with Crippen molar-refractivity contribution >= 4 is 23.4 Å². The van der Waals surface area contributed by atoms with Gasteiger partial charge in [0.05, 0.1) is 5.69 Å². The molecular weight excluding hydrogens is 429 g/mol. The number of hydrogen-bond donors (Lipinski definition) is 2. The van der Waals surface area contributed by atoms with Gasteiger partial charge in [0.25, 0.3) is 5.91 Å². The van der Waals surface area contributed by atoms with Crippen LogP contribution < -0.4 is 10.2 Å². The predicted octanol–water partition coefficient (Wildman–Crippen LogP) is 1.01. The second kappa shape index (κ2) is 8.43. The molecule has 0 bridgehead atoms. The molecule has 0 radical (unpaired) electrons. The summed E-state index contributed by atoms with van der Waals surface area (Å²) in [5, 5.41) is 11.8. The van der Waals surface area contributed by atoms with E-state index in [0.717, 1.165) is 24.2 Å². The summed E-state index contributed by atoms with van der Waals surface area (Å²) in [5.74, 6) is -2.18. The van der Waals surface area contributed by atoms with Gasteiger partial charge < -0.3 is 14.9 Å². The Balaban J connectivity index is 1.22. The van der Waals surface area contributed by atoms with Crippen LogP contribution in [-0.2, 0) is 22.7 Å². The summed E-state index contributed by atoms with van der Waals surface area (Å²) in [5.41, 5.74) is 2.90. The van der Waals surface area contributed by atoms with Crippen molar-refractivity contribution in [1.82, 2.24) is 20.1 Å². The van der Waals surface area contributed by atoms with E-state index in [1.807, 2.05) is 23.1 Å². The summed E-state index contributed by atoms with van der Waals surface area (Å²) >= 11 is 0. The van der Waals surface area contributed by atoms with Gasteiger partial charge in [0.1, 0.15) is 6.04 Å². The zero-order valence-electron chi connectivity index (χ0n) is 18.0. The van der Waals surface area contributed by atoms with Crippen LogP contribution in [0.3, 0.4) is 0 Å². The number of nitrogens with one attached hydrogen (secondary N) is 1. The lowest BCUT2D eigenvalue weighted by molar-refractivity contribution is -0.136. The van der Waals surface area contributed by atoms with Gasteiger partial charge in [-0.25, -0.2) is 4.98 Å². The Morgan fingerprint density at radius 2 is 1.91 bits per heavy atom. The molecule has 9 nitrogen and oxygen atoms in total. The van der Waals surface area contributed by atoms with Gasteiger partial charge >= 0.3 is 0 Å². The molecule has 2 saturated heterocycles. The predicted molar refractivity (Wildman–Crippen MR) is 116 cm³/mol. The largest absolute Gasteiger partial charge is 0.491 e. The standard InChI is InChI=1S/C23H24FN5O4/c24-20-17(5-6-25-22(20)32)28-9-7-27(8-10-28)12-14-1-2-16-15(11-14)13-29(23(16)33)18-3-4-19(30)26-21(18)31/h1-2,5-6,11,18H,3-4,7-10,12-13H2,(H,25,32)(H,26,30,31). The number of carbonyl (C=O) groups is 3. The van der Waals surface area contributed by atoms with E-state index in [9.17, 15) is 23.9 Å². The highest BCUT2D eigenvalue weighted by atomic mass is 19.1. The molecule has 1 atom stereocenters. The summed E-state index contributed by atoms with van der Waals surface area (Å²) in [7, 11) is 0. The van der Waals surface area contributed by atoms with Crippen molar-refractivity contribution in [2.45, 2.75) is 32.0 Å². The number of pyridine rings is 1. The highest BCUT2D eigenvalue weighted by molar-refractivity contribution is 6.05.